The molecule has 1 aliphatic heterocycles. The van der Waals surface area contributed by atoms with Crippen molar-refractivity contribution in [3.63, 3.8) is 0 Å². The van der Waals surface area contributed by atoms with E-state index in [1.165, 1.54) is 4.80 Å². The van der Waals surface area contributed by atoms with Crippen LogP contribution in [0, 0.1) is 11.8 Å². The minimum absolute atomic E-state index is 0.0439. The van der Waals surface area contributed by atoms with Crippen LogP contribution in [0.4, 0.5) is 5.69 Å². The van der Waals surface area contributed by atoms with Gasteiger partial charge in [-0.2, -0.15) is 15.0 Å². The Hall–Kier alpha value is -2.21. The van der Waals surface area contributed by atoms with E-state index in [2.05, 4.69) is 27.8 Å². The van der Waals surface area contributed by atoms with Gasteiger partial charge in [0.15, 0.2) is 0 Å². The number of hydrogen-bond donors (Lipinski definition) is 2. The van der Waals surface area contributed by atoms with E-state index >= 15 is 0 Å². The highest BCUT2D eigenvalue weighted by Gasteiger charge is 2.29. The Balaban J connectivity index is 1.68. The normalized spacial score (nSPS) is 21.9. The van der Waals surface area contributed by atoms with Gasteiger partial charge in [0.2, 0.25) is 5.91 Å². The van der Waals surface area contributed by atoms with Gasteiger partial charge in [0.25, 0.3) is 0 Å². The third kappa shape index (κ3) is 2.55. The second-order valence-electron chi connectivity index (χ2n) is 5.10. The number of hydrogen-bond acceptors (Lipinski definition) is 4. The first kappa shape index (κ1) is 12.8. The van der Waals surface area contributed by atoms with Crippen molar-refractivity contribution in [2.75, 3.05) is 18.4 Å². The maximum Gasteiger partial charge on any atom is 0.229 e. The van der Waals surface area contributed by atoms with Crippen LogP contribution in [-0.4, -0.2) is 34.0 Å². The summed E-state index contributed by atoms with van der Waals surface area (Å²) in [7, 11) is 0. The zero-order valence-electron chi connectivity index (χ0n) is 11.3. The van der Waals surface area contributed by atoms with Gasteiger partial charge in [-0.25, -0.2) is 0 Å². The number of aromatic nitrogens is 3. The van der Waals surface area contributed by atoms with E-state index < -0.39 is 0 Å². The minimum Gasteiger partial charge on any atom is -0.326 e. The summed E-state index contributed by atoms with van der Waals surface area (Å²) in [5, 5.41) is 14.3. The van der Waals surface area contributed by atoms with Gasteiger partial charge in [0.05, 0.1) is 24.0 Å². The van der Waals surface area contributed by atoms with Crippen LogP contribution in [0.1, 0.15) is 6.92 Å². The van der Waals surface area contributed by atoms with Gasteiger partial charge in [-0.15, -0.1) is 0 Å². The average molecular weight is 271 g/mol. The summed E-state index contributed by atoms with van der Waals surface area (Å²) in [6.45, 7) is 3.75. The first-order valence-corrected chi connectivity index (χ1v) is 6.72. The zero-order valence-corrected chi connectivity index (χ0v) is 11.3. The molecule has 1 aromatic carbocycles. The molecule has 0 spiro atoms. The van der Waals surface area contributed by atoms with E-state index in [1.54, 1.807) is 12.4 Å². The van der Waals surface area contributed by atoms with Crippen LogP contribution in [0.2, 0.25) is 0 Å². The summed E-state index contributed by atoms with van der Waals surface area (Å²) in [6.07, 6.45) is 3.26. The molecule has 3 rings (SSSR count). The van der Waals surface area contributed by atoms with Crippen LogP contribution in [0.15, 0.2) is 36.7 Å². The number of nitrogens with one attached hydrogen (secondary N) is 2. The van der Waals surface area contributed by atoms with Crippen molar-refractivity contribution in [1.29, 1.82) is 0 Å². The van der Waals surface area contributed by atoms with E-state index in [4.69, 9.17) is 0 Å². The fraction of sp³-hybridized carbons (Fsp3) is 0.357. The van der Waals surface area contributed by atoms with Crippen molar-refractivity contribution in [3.8, 4) is 5.69 Å². The van der Waals surface area contributed by atoms with Crippen LogP contribution in [0.25, 0.3) is 5.69 Å². The Labute approximate surface area is 117 Å². The molecule has 20 heavy (non-hydrogen) atoms. The molecule has 0 radical (unpaired) electrons. The Bertz CT molecular complexity index is 578. The van der Waals surface area contributed by atoms with Crippen LogP contribution < -0.4 is 10.6 Å². The van der Waals surface area contributed by atoms with Crippen molar-refractivity contribution < 1.29 is 4.79 Å². The molecule has 2 N–H and O–H groups in total. The van der Waals surface area contributed by atoms with E-state index in [-0.39, 0.29) is 11.8 Å². The molecule has 104 valence electrons. The highest BCUT2D eigenvalue weighted by Crippen LogP contribution is 2.19. The number of rotatable bonds is 3. The van der Waals surface area contributed by atoms with Crippen LogP contribution in [0.3, 0.4) is 0 Å². The van der Waals surface area contributed by atoms with Gasteiger partial charge in [-0.3, -0.25) is 4.79 Å². The summed E-state index contributed by atoms with van der Waals surface area (Å²) < 4.78 is 0. The van der Waals surface area contributed by atoms with Gasteiger partial charge in [0, 0.05) is 12.2 Å². The molecular weight excluding hydrogens is 254 g/mol. The molecule has 1 aliphatic rings. The largest absolute Gasteiger partial charge is 0.326 e. The third-order valence-corrected chi connectivity index (χ3v) is 3.64. The predicted molar refractivity (Wildman–Crippen MR) is 75.5 cm³/mol. The second kappa shape index (κ2) is 5.42. The first-order chi connectivity index (χ1) is 9.74. The quantitative estimate of drug-likeness (QED) is 0.875. The number of carbonyl (C=O) groups excluding carboxylic acids is 1. The SMILES string of the molecule is C[C@@H]1CNC[C@H]1C(=O)Nc1ccc(-n2nccn2)cc1. The number of benzene rings is 1. The molecule has 1 saturated heterocycles. The van der Waals surface area contributed by atoms with Gasteiger partial charge in [-0.05, 0) is 36.7 Å². The lowest BCUT2D eigenvalue weighted by Gasteiger charge is -2.14. The van der Waals surface area contributed by atoms with Crippen molar-refractivity contribution in [1.82, 2.24) is 20.3 Å². The average Bonchev–Trinajstić information content (AvgIpc) is 3.10. The number of carbonyl (C=O) groups is 1. The highest BCUT2D eigenvalue weighted by atomic mass is 16.1. The first-order valence-electron chi connectivity index (χ1n) is 6.72. The van der Waals surface area contributed by atoms with E-state index in [9.17, 15) is 4.79 Å². The Kier molecular flexibility index (Phi) is 3.47. The molecule has 0 unspecified atom stereocenters. The van der Waals surface area contributed by atoms with Gasteiger partial charge < -0.3 is 10.6 Å². The monoisotopic (exact) mass is 271 g/mol. The highest BCUT2D eigenvalue weighted by molar-refractivity contribution is 5.93. The number of nitrogens with zero attached hydrogens (tertiary/aromatic N) is 3. The lowest BCUT2D eigenvalue weighted by molar-refractivity contribution is -0.120. The van der Waals surface area contributed by atoms with Crippen LogP contribution >= 0.6 is 0 Å². The van der Waals surface area contributed by atoms with Crippen LogP contribution in [-0.2, 0) is 4.79 Å². The maximum atomic E-state index is 12.2. The molecule has 1 amide bonds. The van der Waals surface area contributed by atoms with Crippen molar-refractivity contribution in [2.24, 2.45) is 11.8 Å². The predicted octanol–water partition coefficient (Wildman–Crippen LogP) is 1.06. The number of amides is 1. The van der Waals surface area contributed by atoms with Gasteiger partial charge >= 0.3 is 0 Å². The standard InChI is InChI=1S/C14H17N5O/c1-10-8-15-9-13(10)14(20)18-11-2-4-12(5-3-11)19-16-6-7-17-19/h2-7,10,13,15H,8-9H2,1H3,(H,18,20)/t10-,13-/m1/s1. The Morgan fingerprint density at radius 3 is 2.55 bits per heavy atom. The lowest BCUT2D eigenvalue weighted by atomic mass is 9.97. The number of anilines is 1. The Morgan fingerprint density at radius 1 is 1.25 bits per heavy atom. The minimum atomic E-state index is 0.0439. The van der Waals surface area contributed by atoms with Crippen molar-refractivity contribution in [2.45, 2.75) is 6.92 Å². The summed E-state index contributed by atoms with van der Waals surface area (Å²) >= 11 is 0. The molecule has 0 aliphatic carbocycles. The van der Waals surface area contributed by atoms with E-state index in [0.717, 1.165) is 24.5 Å². The molecule has 2 aromatic rings. The van der Waals surface area contributed by atoms with E-state index in [0.29, 0.717) is 5.92 Å². The molecule has 6 nitrogen and oxygen atoms in total. The molecule has 2 heterocycles. The summed E-state index contributed by atoms with van der Waals surface area (Å²) in [5.74, 6) is 0.498. The topological polar surface area (TPSA) is 71.8 Å². The smallest absolute Gasteiger partial charge is 0.229 e. The molecule has 0 bridgehead atoms. The van der Waals surface area contributed by atoms with Crippen molar-refractivity contribution >= 4 is 11.6 Å². The van der Waals surface area contributed by atoms with Gasteiger partial charge in [-0.1, -0.05) is 6.92 Å². The van der Waals surface area contributed by atoms with Gasteiger partial charge in [0.1, 0.15) is 0 Å². The molecular formula is C14H17N5O. The molecule has 6 heteroatoms. The maximum absolute atomic E-state index is 12.2. The molecule has 1 aromatic heterocycles. The zero-order chi connectivity index (χ0) is 13.9. The fourth-order valence-electron chi connectivity index (χ4n) is 2.42. The second-order valence-corrected chi connectivity index (χ2v) is 5.10. The van der Waals surface area contributed by atoms with Crippen molar-refractivity contribution in [3.05, 3.63) is 36.7 Å². The Morgan fingerprint density at radius 2 is 1.95 bits per heavy atom. The summed E-state index contributed by atoms with van der Waals surface area (Å²) in [4.78, 5) is 13.7. The lowest BCUT2D eigenvalue weighted by Crippen LogP contribution is -2.27. The summed E-state index contributed by atoms with van der Waals surface area (Å²) in [6, 6.07) is 7.49. The fourth-order valence-corrected chi connectivity index (χ4v) is 2.42. The molecule has 0 saturated carbocycles. The van der Waals surface area contributed by atoms with Crippen LogP contribution in [0.5, 0.6) is 0 Å². The third-order valence-electron chi connectivity index (χ3n) is 3.64. The molecule has 2 atom stereocenters. The summed E-state index contributed by atoms with van der Waals surface area (Å²) in [5.41, 5.74) is 1.66. The van der Waals surface area contributed by atoms with E-state index in [1.807, 2.05) is 24.3 Å². The molecule has 1 fully saturated rings.